The molecule has 1 aromatic rings. The molecule has 0 saturated carbocycles. The van der Waals surface area contributed by atoms with Crippen LogP contribution >= 0.6 is 27.5 Å². The van der Waals surface area contributed by atoms with Crippen LogP contribution in [0.15, 0.2) is 22.7 Å². The van der Waals surface area contributed by atoms with Crippen molar-refractivity contribution < 1.29 is 0 Å². The molecule has 0 heterocycles. The van der Waals surface area contributed by atoms with Gasteiger partial charge in [0.25, 0.3) is 0 Å². The number of nitrogens with two attached hydrogens (primary N) is 1. The molecule has 0 saturated heterocycles. The Morgan fingerprint density at radius 2 is 1.65 bits per heavy atom. The first-order chi connectivity index (χ1) is 9.65. The lowest BCUT2D eigenvalue weighted by Gasteiger charge is -2.14. The lowest BCUT2D eigenvalue weighted by atomic mass is 10.00. The summed E-state index contributed by atoms with van der Waals surface area (Å²) in [5.41, 5.74) is 7.38. The first kappa shape index (κ1) is 18.0. The summed E-state index contributed by atoms with van der Waals surface area (Å²) in [5.74, 6) is 0. The molecule has 1 aromatic carbocycles. The zero-order valence-corrected chi connectivity index (χ0v) is 14.8. The van der Waals surface area contributed by atoms with Gasteiger partial charge in [0.2, 0.25) is 0 Å². The van der Waals surface area contributed by atoms with Gasteiger partial charge in [-0.05, 0) is 30.2 Å². The Hall–Kier alpha value is -0.0500. The van der Waals surface area contributed by atoms with Gasteiger partial charge in [0.15, 0.2) is 0 Å². The van der Waals surface area contributed by atoms with Crippen LogP contribution in [0.25, 0.3) is 0 Å². The van der Waals surface area contributed by atoms with E-state index < -0.39 is 0 Å². The van der Waals surface area contributed by atoms with Crippen LogP contribution < -0.4 is 5.73 Å². The predicted molar refractivity (Wildman–Crippen MR) is 93.3 cm³/mol. The maximum atomic E-state index is 6.26. The largest absolute Gasteiger partial charge is 0.324 e. The van der Waals surface area contributed by atoms with Gasteiger partial charge in [0.05, 0.1) is 0 Å². The Bertz CT molecular complexity index is 381. The number of rotatable bonds is 10. The normalized spacial score (nSPS) is 12.6. The van der Waals surface area contributed by atoms with Crippen molar-refractivity contribution in [1.29, 1.82) is 0 Å². The monoisotopic (exact) mass is 359 g/mol. The summed E-state index contributed by atoms with van der Waals surface area (Å²) in [6, 6.07) is 5.92. The highest BCUT2D eigenvalue weighted by molar-refractivity contribution is 9.10. The van der Waals surface area contributed by atoms with Gasteiger partial charge in [-0.25, -0.2) is 0 Å². The molecule has 0 spiro atoms. The maximum Gasteiger partial charge on any atom is 0.0410 e. The van der Waals surface area contributed by atoms with Crippen LogP contribution in [0.4, 0.5) is 0 Å². The third-order valence-corrected chi connectivity index (χ3v) is 4.68. The van der Waals surface area contributed by atoms with E-state index in [1.54, 1.807) is 0 Å². The molecule has 0 amide bonds. The van der Waals surface area contributed by atoms with E-state index in [2.05, 4.69) is 22.9 Å². The van der Waals surface area contributed by atoms with Crippen LogP contribution in [-0.2, 0) is 0 Å². The first-order valence-electron chi connectivity index (χ1n) is 7.85. The standard InChI is InChI=1S/C17H27BrClN/c1-2-3-4-5-6-7-8-9-10-17(20)15-13-14(19)11-12-16(15)18/h11-13,17H,2-10,20H2,1H3. The highest BCUT2D eigenvalue weighted by atomic mass is 79.9. The first-order valence-corrected chi connectivity index (χ1v) is 9.02. The molecular weight excluding hydrogens is 334 g/mol. The van der Waals surface area contributed by atoms with Crippen molar-refractivity contribution in [2.45, 2.75) is 70.8 Å². The van der Waals surface area contributed by atoms with Crippen molar-refractivity contribution in [2.24, 2.45) is 5.73 Å². The number of unbranched alkanes of at least 4 members (excludes halogenated alkanes) is 7. The minimum Gasteiger partial charge on any atom is -0.324 e. The SMILES string of the molecule is CCCCCCCCCCC(N)c1cc(Cl)ccc1Br. The van der Waals surface area contributed by atoms with Gasteiger partial charge in [-0.2, -0.15) is 0 Å². The zero-order chi connectivity index (χ0) is 14.8. The molecule has 0 fully saturated rings. The molecule has 1 nitrogen and oxygen atoms in total. The Morgan fingerprint density at radius 1 is 1.05 bits per heavy atom. The van der Waals surface area contributed by atoms with Crippen molar-refractivity contribution in [3.05, 3.63) is 33.3 Å². The Labute approximate surface area is 137 Å². The molecule has 1 rings (SSSR count). The number of benzene rings is 1. The second-order valence-electron chi connectivity index (χ2n) is 5.54. The molecular formula is C17H27BrClN. The summed E-state index contributed by atoms with van der Waals surface area (Å²) in [4.78, 5) is 0. The van der Waals surface area contributed by atoms with Crippen LogP contribution in [0.5, 0.6) is 0 Å². The highest BCUT2D eigenvalue weighted by Crippen LogP contribution is 2.28. The molecule has 0 aromatic heterocycles. The van der Waals surface area contributed by atoms with E-state index in [4.69, 9.17) is 17.3 Å². The molecule has 2 N–H and O–H groups in total. The van der Waals surface area contributed by atoms with Crippen LogP contribution in [0, 0.1) is 0 Å². The lowest BCUT2D eigenvalue weighted by Crippen LogP contribution is -2.10. The maximum absolute atomic E-state index is 6.26. The zero-order valence-electron chi connectivity index (χ0n) is 12.5. The van der Waals surface area contributed by atoms with E-state index in [9.17, 15) is 0 Å². The molecule has 3 heteroatoms. The Kier molecular flexibility index (Phi) is 9.58. The summed E-state index contributed by atoms with van der Waals surface area (Å²) in [7, 11) is 0. The average molecular weight is 361 g/mol. The van der Waals surface area contributed by atoms with Gasteiger partial charge in [0.1, 0.15) is 0 Å². The van der Waals surface area contributed by atoms with Gasteiger partial charge in [0, 0.05) is 15.5 Å². The molecule has 1 atom stereocenters. The van der Waals surface area contributed by atoms with Crippen molar-refractivity contribution in [3.63, 3.8) is 0 Å². The van der Waals surface area contributed by atoms with Crippen LogP contribution in [0.1, 0.15) is 76.3 Å². The van der Waals surface area contributed by atoms with Gasteiger partial charge in [-0.1, -0.05) is 85.8 Å². The third kappa shape index (κ3) is 7.10. The summed E-state index contributed by atoms with van der Waals surface area (Å²) in [5, 5.41) is 0.759. The molecule has 0 aliphatic carbocycles. The van der Waals surface area contributed by atoms with E-state index in [-0.39, 0.29) is 6.04 Å². The van der Waals surface area contributed by atoms with Crippen molar-refractivity contribution in [1.82, 2.24) is 0 Å². The molecule has 0 radical (unpaired) electrons. The van der Waals surface area contributed by atoms with Crippen LogP contribution in [-0.4, -0.2) is 0 Å². The predicted octanol–water partition coefficient (Wildman–Crippen LogP) is 6.63. The van der Waals surface area contributed by atoms with E-state index >= 15 is 0 Å². The topological polar surface area (TPSA) is 26.0 Å². The summed E-state index contributed by atoms with van der Waals surface area (Å²) >= 11 is 9.58. The average Bonchev–Trinajstić information content (AvgIpc) is 2.44. The fraction of sp³-hybridized carbons (Fsp3) is 0.647. The summed E-state index contributed by atoms with van der Waals surface area (Å²) in [6.07, 6.45) is 11.7. The second-order valence-corrected chi connectivity index (χ2v) is 6.83. The highest BCUT2D eigenvalue weighted by Gasteiger charge is 2.10. The van der Waals surface area contributed by atoms with Gasteiger partial charge >= 0.3 is 0 Å². The fourth-order valence-corrected chi connectivity index (χ4v) is 3.17. The quantitative estimate of drug-likeness (QED) is 0.465. The molecule has 0 aliphatic rings. The van der Waals surface area contributed by atoms with Crippen LogP contribution in [0.3, 0.4) is 0 Å². The minimum absolute atomic E-state index is 0.0863. The molecule has 114 valence electrons. The summed E-state index contributed by atoms with van der Waals surface area (Å²) < 4.78 is 1.06. The minimum atomic E-state index is 0.0863. The smallest absolute Gasteiger partial charge is 0.0410 e. The Balaban J connectivity index is 2.17. The van der Waals surface area contributed by atoms with E-state index in [0.29, 0.717) is 0 Å². The van der Waals surface area contributed by atoms with Gasteiger partial charge in [-0.3, -0.25) is 0 Å². The summed E-state index contributed by atoms with van der Waals surface area (Å²) in [6.45, 7) is 2.26. The number of hydrogen-bond acceptors (Lipinski definition) is 1. The fourth-order valence-electron chi connectivity index (χ4n) is 2.45. The molecule has 20 heavy (non-hydrogen) atoms. The van der Waals surface area contributed by atoms with Gasteiger partial charge in [-0.15, -0.1) is 0 Å². The van der Waals surface area contributed by atoms with E-state index in [1.807, 2.05) is 18.2 Å². The Morgan fingerprint density at radius 3 is 2.30 bits per heavy atom. The van der Waals surface area contributed by atoms with E-state index in [1.165, 1.54) is 51.4 Å². The van der Waals surface area contributed by atoms with E-state index in [0.717, 1.165) is 21.5 Å². The molecule has 0 aliphatic heterocycles. The third-order valence-electron chi connectivity index (χ3n) is 3.73. The van der Waals surface area contributed by atoms with Crippen molar-refractivity contribution in [2.75, 3.05) is 0 Å². The van der Waals surface area contributed by atoms with Crippen molar-refractivity contribution >= 4 is 27.5 Å². The molecule has 1 unspecified atom stereocenters. The van der Waals surface area contributed by atoms with Gasteiger partial charge < -0.3 is 5.73 Å². The number of hydrogen-bond donors (Lipinski definition) is 1. The lowest BCUT2D eigenvalue weighted by molar-refractivity contribution is 0.535. The molecule has 0 bridgehead atoms. The number of halogens is 2. The van der Waals surface area contributed by atoms with Crippen molar-refractivity contribution in [3.8, 4) is 0 Å². The van der Waals surface area contributed by atoms with Crippen LogP contribution in [0.2, 0.25) is 5.02 Å². The second kappa shape index (κ2) is 10.6.